The van der Waals surface area contributed by atoms with Gasteiger partial charge in [0.05, 0.1) is 15.6 Å². The number of hydrogen-bond donors (Lipinski definition) is 2. The van der Waals surface area contributed by atoms with Crippen LogP contribution in [0.2, 0.25) is 0 Å². The summed E-state index contributed by atoms with van der Waals surface area (Å²) in [5.41, 5.74) is 2.28. The lowest BCUT2D eigenvalue weighted by molar-refractivity contribution is -0.385. The first-order chi connectivity index (χ1) is 12.9. The maximum absolute atomic E-state index is 10.9. The molecular formula is C18H18N4O5. The predicted octanol–water partition coefficient (Wildman–Crippen LogP) is 3.75. The predicted molar refractivity (Wildman–Crippen MR) is 97.8 cm³/mol. The summed E-state index contributed by atoms with van der Waals surface area (Å²) in [4.78, 5) is 20.8. The van der Waals surface area contributed by atoms with Gasteiger partial charge in [-0.3, -0.25) is 20.2 Å². The smallest absolute Gasteiger partial charge is 0.269 e. The highest BCUT2D eigenvalue weighted by atomic mass is 16.6. The van der Waals surface area contributed by atoms with Crippen molar-refractivity contribution < 1.29 is 15.1 Å². The maximum Gasteiger partial charge on any atom is 0.269 e. The number of piperidine rings is 1. The van der Waals surface area contributed by atoms with Crippen molar-refractivity contribution in [3.05, 3.63) is 79.9 Å². The van der Waals surface area contributed by atoms with Crippen molar-refractivity contribution in [1.82, 2.24) is 5.32 Å². The van der Waals surface area contributed by atoms with Crippen LogP contribution in [0.5, 0.6) is 0 Å². The third-order valence-electron chi connectivity index (χ3n) is 4.92. The van der Waals surface area contributed by atoms with Crippen LogP contribution >= 0.6 is 0 Å². The van der Waals surface area contributed by atoms with Crippen LogP contribution in [0.1, 0.15) is 36.6 Å². The molecule has 2 N–H and O–H groups in total. The molecule has 1 fully saturated rings. The molecule has 0 aliphatic carbocycles. The summed E-state index contributed by atoms with van der Waals surface area (Å²) in [5, 5.41) is 38.0. The number of benzene rings is 2. The molecule has 0 radical (unpaired) electrons. The second-order valence-electron chi connectivity index (χ2n) is 6.48. The maximum atomic E-state index is 10.9. The van der Waals surface area contributed by atoms with Crippen molar-refractivity contribution in [2.24, 2.45) is 11.1 Å². The lowest BCUT2D eigenvalue weighted by atomic mass is 9.81. The highest BCUT2D eigenvalue weighted by Gasteiger charge is 2.34. The van der Waals surface area contributed by atoms with Crippen LogP contribution in [0.15, 0.2) is 53.7 Å². The van der Waals surface area contributed by atoms with Crippen LogP contribution in [0, 0.1) is 26.1 Å². The summed E-state index contributed by atoms with van der Waals surface area (Å²) in [7, 11) is 0. The third-order valence-corrected chi connectivity index (χ3v) is 4.92. The summed E-state index contributed by atoms with van der Waals surface area (Å²) < 4.78 is 0. The molecule has 0 amide bonds. The molecule has 1 aliphatic heterocycles. The van der Waals surface area contributed by atoms with Gasteiger partial charge in [-0.2, -0.15) is 0 Å². The van der Waals surface area contributed by atoms with Gasteiger partial charge in [-0.1, -0.05) is 36.3 Å². The van der Waals surface area contributed by atoms with E-state index in [9.17, 15) is 25.4 Å². The number of nitrogens with zero attached hydrogens (tertiary/aromatic N) is 3. The minimum absolute atomic E-state index is 0.00480. The van der Waals surface area contributed by atoms with Gasteiger partial charge in [0.25, 0.3) is 11.4 Å². The van der Waals surface area contributed by atoms with Crippen LogP contribution in [0.4, 0.5) is 11.4 Å². The molecule has 1 heterocycles. The van der Waals surface area contributed by atoms with E-state index in [-0.39, 0.29) is 29.4 Å². The van der Waals surface area contributed by atoms with Gasteiger partial charge in [0.15, 0.2) is 0 Å². The Hall–Kier alpha value is -3.33. The molecule has 3 rings (SSSR count). The van der Waals surface area contributed by atoms with Gasteiger partial charge in [-0.15, -0.1) is 0 Å². The van der Waals surface area contributed by atoms with E-state index in [4.69, 9.17) is 0 Å². The molecule has 3 atom stereocenters. The minimum atomic E-state index is -0.458. The first-order valence-electron chi connectivity index (χ1n) is 8.36. The van der Waals surface area contributed by atoms with Gasteiger partial charge in [-0.25, -0.2) is 0 Å². The summed E-state index contributed by atoms with van der Waals surface area (Å²) >= 11 is 0. The second-order valence-corrected chi connectivity index (χ2v) is 6.48. The van der Waals surface area contributed by atoms with Crippen LogP contribution in [-0.4, -0.2) is 20.8 Å². The summed E-state index contributed by atoms with van der Waals surface area (Å²) in [6.07, 6.45) is 0.457. The average Bonchev–Trinajstić information content (AvgIpc) is 2.68. The van der Waals surface area contributed by atoms with Crippen molar-refractivity contribution >= 4 is 17.1 Å². The number of hydrogen-bond acceptors (Lipinski definition) is 7. The Balaban J connectivity index is 1.89. The standard InChI is InChI=1S/C18H18N4O5/c1-11-16(20-23)10-17(12-2-6-14(7-3-12)21(24)25)19-18(11)13-4-8-15(9-5-13)22(26)27/h2-9,11,17-19,23H,10H2,1H3/b20-16-/t11-,17+,18+/m1/s1. The van der Waals surface area contributed by atoms with E-state index < -0.39 is 9.85 Å². The molecule has 140 valence electrons. The number of nitrogens with one attached hydrogen (secondary N) is 1. The van der Waals surface area contributed by atoms with Crippen molar-refractivity contribution in [1.29, 1.82) is 0 Å². The van der Waals surface area contributed by atoms with E-state index >= 15 is 0 Å². The van der Waals surface area contributed by atoms with Gasteiger partial charge < -0.3 is 10.5 Å². The first-order valence-corrected chi connectivity index (χ1v) is 8.36. The molecule has 0 aromatic heterocycles. The summed E-state index contributed by atoms with van der Waals surface area (Å²) in [5.74, 6) is -0.120. The first kappa shape index (κ1) is 18.5. The number of nitro groups is 2. The van der Waals surface area contributed by atoms with Gasteiger partial charge in [0.2, 0.25) is 0 Å². The molecule has 2 aromatic carbocycles. The zero-order valence-corrected chi connectivity index (χ0v) is 14.5. The molecule has 1 aliphatic rings. The average molecular weight is 370 g/mol. The Morgan fingerprint density at radius 3 is 1.89 bits per heavy atom. The van der Waals surface area contributed by atoms with Crippen molar-refractivity contribution in [2.75, 3.05) is 0 Å². The van der Waals surface area contributed by atoms with Gasteiger partial charge in [0, 0.05) is 48.7 Å². The van der Waals surface area contributed by atoms with Crippen LogP contribution < -0.4 is 5.32 Å². The van der Waals surface area contributed by atoms with E-state index in [0.29, 0.717) is 12.1 Å². The number of rotatable bonds is 4. The quantitative estimate of drug-likeness (QED) is 0.479. The fourth-order valence-corrected chi connectivity index (χ4v) is 3.37. The molecule has 2 aromatic rings. The Morgan fingerprint density at radius 1 is 0.963 bits per heavy atom. The molecule has 0 saturated carbocycles. The SMILES string of the molecule is C[C@@H]1/C(=N\O)C[C@@H](c2ccc([N+](=O)[O-])cc2)N[C@@H]1c1ccc([N+](=O)[O-])cc1. The van der Waals surface area contributed by atoms with Crippen molar-refractivity contribution in [3.8, 4) is 0 Å². The molecule has 0 bridgehead atoms. The van der Waals surface area contributed by atoms with E-state index in [0.717, 1.165) is 11.1 Å². The van der Waals surface area contributed by atoms with Crippen molar-refractivity contribution in [2.45, 2.75) is 25.4 Å². The van der Waals surface area contributed by atoms with E-state index in [1.165, 1.54) is 24.3 Å². The largest absolute Gasteiger partial charge is 0.411 e. The number of nitro benzene ring substituents is 2. The van der Waals surface area contributed by atoms with Crippen LogP contribution in [0.3, 0.4) is 0 Å². The molecule has 0 spiro atoms. The molecular weight excluding hydrogens is 352 g/mol. The van der Waals surface area contributed by atoms with Crippen LogP contribution in [0.25, 0.3) is 0 Å². The second kappa shape index (κ2) is 7.50. The van der Waals surface area contributed by atoms with Gasteiger partial charge >= 0.3 is 0 Å². The monoisotopic (exact) mass is 370 g/mol. The Bertz CT molecular complexity index is 880. The lowest BCUT2D eigenvalue weighted by Crippen LogP contribution is -2.41. The fraction of sp³-hybridized carbons (Fsp3) is 0.278. The summed E-state index contributed by atoms with van der Waals surface area (Å²) in [6.45, 7) is 1.92. The highest BCUT2D eigenvalue weighted by Crippen LogP contribution is 2.36. The fourth-order valence-electron chi connectivity index (χ4n) is 3.37. The molecule has 1 saturated heterocycles. The molecule has 9 nitrogen and oxygen atoms in total. The van der Waals surface area contributed by atoms with Gasteiger partial charge in [-0.05, 0) is 11.1 Å². The molecule has 9 heteroatoms. The van der Waals surface area contributed by atoms with E-state index in [1.54, 1.807) is 24.3 Å². The Kier molecular flexibility index (Phi) is 5.13. The Labute approximate surface area is 154 Å². The zero-order chi connectivity index (χ0) is 19.6. The Morgan fingerprint density at radius 2 is 1.44 bits per heavy atom. The van der Waals surface area contributed by atoms with E-state index in [2.05, 4.69) is 10.5 Å². The normalized spacial score (nSPS) is 23.9. The third kappa shape index (κ3) is 3.77. The van der Waals surface area contributed by atoms with E-state index in [1.807, 2.05) is 6.92 Å². The number of oxime groups is 1. The van der Waals surface area contributed by atoms with Crippen LogP contribution in [-0.2, 0) is 0 Å². The topological polar surface area (TPSA) is 131 Å². The zero-order valence-electron chi connectivity index (χ0n) is 14.5. The highest BCUT2D eigenvalue weighted by molar-refractivity contribution is 5.88. The number of non-ortho nitro benzene ring substituents is 2. The minimum Gasteiger partial charge on any atom is -0.411 e. The summed E-state index contributed by atoms with van der Waals surface area (Å²) in [6, 6.07) is 12.0. The van der Waals surface area contributed by atoms with Gasteiger partial charge in [0.1, 0.15) is 0 Å². The van der Waals surface area contributed by atoms with Crippen molar-refractivity contribution in [3.63, 3.8) is 0 Å². The molecule has 27 heavy (non-hydrogen) atoms. The molecule has 0 unspecified atom stereocenters. The lowest BCUT2D eigenvalue weighted by Gasteiger charge is -2.37.